The zero-order valence-electron chi connectivity index (χ0n) is 18.5. The fraction of sp³-hybridized carbons (Fsp3) is 0.909. The first-order chi connectivity index (χ1) is 14.2. The molecule has 1 amide bonds. The van der Waals surface area contributed by atoms with Gasteiger partial charge in [-0.1, -0.05) is 19.3 Å². The second-order valence-corrected chi connectivity index (χ2v) is 9.22. The molecular formula is C22H40IN5O2. The number of hydrogen-bond donors (Lipinski definition) is 2. The Labute approximate surface area is 198 Å². The van der Waals surface area contributed by atoms with Crippen LogP contribution >= 0.6 is 24.0 Å². The van der Waals surface area contributed by atoms with Gasteiger partial charge in [0.15, 0.2) is 5.96 Å². The minimum absolute atomic E-state index is 0. The zero-order valence-corrected chi connectivity index (χ0v) is 20.8. The highest BCUT2D eigenvalue weighted by Crippen LogP contribution is 2.27. The van der Waals surface area contributed by atoms with Crippen LogP contribution in [-0.4, -0.2) is 85.7 Å². The van der Waals surface area contributed by atoms with E-state index in [1.54, 1.807) is 0 Å². The standard InChI is InChI=1S/C22H39N5O2.HI/c1-2-23-22(24-13-20-15-26-11-6-9-19(26)16-29-20)25-18-10-12-27(14-18)21(28)17-7-4-3-5-8-17;/h17-20H,2-16H2,1H3,(H2,23,24,25);1H. The second kappa shape index (κ2) is 11.9. The number of nitrogens with zero attached hydrogens (tertiary/aromatic N) is 3. The summed E-state index contributed by atoms with van der Waals surface area (Å²) in [5.74, 6) is 1.51. The maximum Gasteiger partial charge on any atom is 0.225 e. The topological polar surface area (TPSA) is 69.2 Å². The van der Waals surface area contributed by atoms with Crippen molar-refractivity contribution in [2.45, 2.75) is 76.5 Å². The highest BCUT2D eigenvalue weighted by molar-refractivity contribution is 14.0. The molecule has 4 fully saturated rings. The normalized spacial score (nSPS) is 30.6. The maximum atomic E-state index is 12.8. The van der Waals surface area contributed by atoms with E-state index in [-0.39, 0.29) is 42.0 Å². The van der Waals surface area contributed by atoms with E-state index in [2.05, 4.69) is 27.4 Å². The van der Waals surface area contributed by atoms with Crippen molar-refractivity contribution in [1.29, 1.82) is 0 Å². The summed E-state index contributed by atoms with van der Waals surface area (Å²) in [6.45, 7) is 8.35. The maximum absolute atomic E-state index is 12.8. The molecule has 1 aliphatic carbocycles. The van der Waals surface area contributed by atoms with Crippen LogP contribution in [0.1, 0.15) is 58.3 Å². The number of likely N-dealkylation sites (tertiary alicyclic amines) is 1. The highest BCUT2D eigenvalue weighted by atomic mass is 127. The first-order valence-electron chi connectivity index (χ1n) is 11.9. The first kappa shape index (κ1) is 24.0. The average molecular weight is 533 g/mol. The molecular weight excluding hydrogens is 493 g/mol. The van der Waals surface area contributed by atoms with Gasteiger partial charge in [-0.15, -0.1) is 24.0 Å². The third kappa shape index (κ3) is 6.22. The Hall–Kier alpha value is -0.610. The van der Waals surface area contributed by atoms with Crippen molar-refractivity contribution in [2.75, 3.05) is 45.9 Å². The molecule has 3 heterocycles. The van der Waals surface area contributed by atoms with Gasteiger partial charge in [0.05, 0.1) is 19.3 Å². The largest absolute Gasteiger partial charge is 0.373 e. The lowest BCUT2D eigenvalue weighted by molar-refractivity contribution is -0.135. The van der Waals surface area contributed by atoms with Crippen LogP contribution in [0.3, 0.4) is 0 Å². The van der Waals surface area contributed by atoms with Gasteiger partial charge in [0.2, 0.25) is 5.91 Å². The molecule has 7 nitrogen and oxygen atoms in total. The molecule has 0 aromatic carbocycles. The quantitative estimate of drug-likeness (QED) is 0.322. The molecule has 3 atom stereocenters. The van der Waals surface area contributed by atoms with Crippen molar-refractivity contribution >= 4 is 35.8 Å². The lowest BCUT2D eigenvalue weighted by Gasteiger charge is -2.34. The molecule has 0 radical (unpaired) electrons. The Bertz CT molecular complexity index is 584. The Kier molecular flexibility index (Phi) is 9.50. The van der Waals surface area contributed by atoms with Gasteiger partial charge in [0.1, 0.15) is 0 Å². The number of ether oxygens (including phenoxy) is 1. The molecule has 4 rings (SSSR count). The van der Waals surface area contributed by atoms with Gasteiger partial charge >= 0.3 is 0 Å². The van der Waals surface area contributed by atoms with Crippen LogP contribution in [0.4, 0.5) is 0 Å². The molecule has 30 heavy (non-hydrogen) atoms. The number of rotatable bonds is 5. The molecule has 4 aliphatic rings. The Morgan fingerprint density at radius 3 is 2.70 bits per heavy atom. The van der Waals surface area contributed by atoms with Gasteiger partial charge in [-0.3, -0.25) is 14.7 Å². The molecule has 172 valence electrons. The van der Waals surface area contributed by atoms with Crippen LogP contribution in [0.15, 0.2) is 4.99 Å². The number of nitrogens with one attached hydrogen (secondary N) is 2. The van der Waals surface area contributed by atoms with E-state index >= 15 is 0 Å². The van der Waals surface area contributed by atoms with E-state index in [0.29, 0.717) is 18.5 Å². The van der Waals surface area contributed by atoms with Crippen LogP contribution in [0.2, 0.25) is 0 Å². The van der Waals surface area contributed by atoms with Crippen molar-refractivity contribution < 1.29 is 9.53 Å². The van der Waals surface area contributed by atoms with Gasteiger partial charge in [-0.2, -0.15) is 0 Å². The first-order valence-corrected chi connectivity index (χ1v) is 11.9. The lowest BCUT2D eigenvalue weighted by Crippen LogP contribution is -2.48. The average Bonchev–Trinajstić information content (AvgIpc) is 3.41. The third-order valence-corrected chi connectivity index (χ3v) is 7.05. The second-order valence-electron chi connectivity index (χ2n) is 9.22. The molecule has 0 aromatic heterocycles. The smallest absolute Gasteiger partial charge is 0.225 e. The van der Waals surface area contributed by atoms with Gasteiger partial charge in [-0.25, -0.2) is 0 Å². The number of aliphatic imine (C=N–C) groups is 1. The summed E-state index contributed by atoms with van der Waals surface area (Å²) in [4.78, 5) is 22.3. The van der Waals surface area contributed by atoms with Crippen molar-refractivity contribution in [3.63, 3.8) is 0 Å². The van der Waals surface area contributed by atoms with Gasteiger partial charge in [0.25, 0.3) is 0 Å². The summed E-state index contributed by atoms with van der Waals surface area (Å²) in [5.41, 5.74) is 0. The fourth-order valence-corrected chi connectivity index (χ4v) is 5.39. The van der Waals surface area contributed by atoms with Crippen LogP contribution in [-0.2, 0) is 9.53 Å². The number of morpholine rings is 1. The van der Waals surface area contributed by atoms with Gasteiger partial charge in [-0.05, 0) is 45.6 Å². The molecule has 0 aromatic rings. The van der Waals surface area contributed by atoms with Gasteiger partial charge in [0, 0.05) is 44.2 Å². The number of hydrogen-bond acceptors (Lipinski definition) is 4. The van der Waals surface area contributed by atoms with Crippen LogP contribution in [0, 0.1) is 5.92 Å². The van der Waals surface area contributed by atoms with Crippen molar-refractivity contribution in [3.8, 4) is 0 Å². The minimum atomic E-state index is 0. The number of carbonyl (C=O) groups is 1. The molecule has 1 saturated carbocycles. The van der Waals surface area contributed by atoms with E-state index in [0.717, 1.165) is 58.0 Å². The number of guanidine groups is 1. The molecule has 0 spiro atoms. The summed E-state index contributed by atoms with van der Waals surface area (Å²) in [6, 6.07) is 0.920. The summed E-state index contributed by atoms with van der Waals surface area (Å²) >= 11 is 0. The predicted octanol–water partition coefficient (Wildman–Crippen LogP) is 2.20. The van der Waals surface area contributed by atoms with E-state index < -0.39 is 0 Å². The number of fused-ring (bicyclic) bond motifs is 1. The Morgan fingerprint density at radius 1 is 1.07 bits per heavy atom. The van der Waals surface area contributed by atoms with Crippen LogP contribution in [0.25, 0.3) is 0 Å². The van der Waals surface area contributed by atoms with E-state index in [9.17, 15) is 4.79 Å². The monoisotopic (exact) mass is 533 g/mol. The Morgan fingerprint density at radius 2 is 1.90 bits per heavy atom. The molecule has 3 aliphatic heterocycles. The van der Waals surface area contributed by atoms with Crippen LogP contribution in [0.5, 0.6) is 0 Å². The van der Waals surface area contributed by atoms with Crippen molar-refractivity contribution in [2.24, 2.45) is 10.9 Å². The summed E-state index contributed by atoms with van der Waals surface area (Å²) in [6.07, 6.45) is 9.64. The third-order valence-electron chi connectivity index (χ3n) is 7.05. The SMILES string of the molecule is CCNC(=NCC1CN2CCCC2CO1)NC1CCN(C(=O)C2CCCCC2)C1.I. The van der Waals surface area contributed by atoms with Crippen molar-refractivity contribution in [1.82, 2.24) is 20.4 Å². The predicted molar refractivity (Wildman–Crippen MR) is 130 cm³/mol. The highest BCUT2D eigenvalue weighted by Gasteiger charge is 2.33. The number of carbonyl (C=O) groups excluding carboxylic acids is 1. The molecule has 3 unspecified atom stereocenters. The van der Waals surface area contributed by atoms with E-state index in [1.807, 2.05) is 0 Å². The van der Waals surface area contributed by atoms with Gasteiger partial charge < -0.3 is 20.3 Å². The number of halogens is 1. The summed E-state index contributed by atoms with van der Waals surface area (Å²) in [5, 5.41) is 6.94. The minimum Gasteiger partial charge on any atom is -0.373 e. The summed E-state index contributed by atoms with van der Waals surface area (Å²) < 4.78 is 6.05. The fourth-order valence-electron chi connectivity index (χ4n) is 5.39. The summed E-state index contributed by atoms with van der Waals surface area (Å²) in [7, 11) is 0. The zero-order chi connectivity index (χ0) is 20.1. The molecule has 0 bridgehead atoms. The van der Waals surface area contributed by atoms with E-state index in [1.165, 1.54) is 38.6 Å². The Balaban J connectivity index is 0.00000256. The molecule has 2 N–H and O–H groups in total. The molecule has 3 saturated heterocycles. The number of amides is 1. The molecule has 8 heteroatoms. The van der Waals surface area contributed by atoms with E-state index in [4.69, 9.17) is 9.73 Å². The van der Waals surface area contributed by atoms with Crippen LogP contribution < -0.4 is 10.6 Å². The van der Waals surface area contributed by atoms with Crippen molar-refractivity contribution in [3.05, 3.63) is 0 Å². The lowest BCUT2D eigenvalue weighted by atomic mass is 9.88.